The van der Waals surface area contributed by atoms with Crippen molar-refractivity contribution >= 4 is 17.6 Å². The van der Waals surface area contributed by atoms with Crippen LogP contribution in [0.15, 0.2) is 18.2 Å². The van der Waals surface area contributed by atoms with Gasteiger partial charge in [0.15, 0.2) is 0 Å². The lowest BCUT2D eigenvalue weighted by Gasteiger charge is -2.37. The van der Waals surface area contributed by atoms with Gasteiger partial charge < -0.3 is 10.2 Å². The predicted molar refractivity (Wildman–Crippen MR) is 106 cm³/mol. The van der Waals surface area contributed by atoms with Gasteiger partial charge in [-0.15, -0.1) is 0 Å². The molecule has 0 radical (unpaired) electrons. The molecule has 3 fully saturated rings. The van der Waals surface area contributed by atoms with Crippen molar-refractivity contribution in [2.45, 2.75) is 38.1 Å². The number of piperazine rings is 1. The molecule has 1 N–H and O–H groups in total. The van der Waals surface area contributed by atoms with Gasteiger partial charge in [0.2, 0.25) is 0 Å². The average molecular weight is 399 g/mol. The minimum Gasteiger partial charge on any atom is -0.367 e. The summed E-state index contributed by atoms with van der Waals surface area (Å²) >= 11 is 0. The van der Waals surface area contributed by atoms with Crippen molar-refractivity contribution in [3.8, 4) is 6.07 Å². The number of urea groups is 1. The number of rotatable bonds is 3. The molecule has 1 saturated carbocycles. The molecule has 3 amide bonds. The number of carbonyl (C=O) groups is 2. The lowest BCUT2D eigenvalue weighted by molar-refractivity contribution is -0.134. The van der Waals surface area contributed by atoms with E-state index in [4.69, 9.17) is 5.26 Å². The van der Waals surface area contributed by atoms with Crippen LogP contribution in [0.5, 0.6) is 0 Å². The largest absolute Gasteiger partial charge is 0.367 e. The standard InChI is InChI=1S/C21H26FN5O2/c1-15-4-6-21(7-5-15)19(28)27(20(29)24-21)14-25-8-10-26(11-9-25)18-3-2-16(13-23)12-17(18)22/h2-3,12,15H,4-11,14H2,1H3,(H,24,29). The van der Waals surface area contributed by atoms with Crippen LogP contribution >= 0.6 is 0 Å². The summed E-state index contributed by atoms with van der Waals surface area (Å²) in [6.45, 7) is 4.89. The second-order valence-corrected chi connectivity index (χ2v) is 8.45. The van der Waals surface area contributed by atoms with Crippen molar-refractivity contribution in [3.63, 3.8) is 0 Å². The molecule has 2 heterocycles. The number of anilines is 1. The molecule has 4 rings (SSSR count). The highest BCUT2D eigenvalue weighted by atomic mass is 19.1. The quantitative estimate of drug-likeness (QED) is 0.789. The number of benzene rings is 1. The first kappa shape index (κ1) is 19.6. The normalized spacial score (nSPS) is 28.0. The molecule has 1 aromatic rings. The van der Waals surface area contributed by atoms with Crippen LogP contribution in [0, 0.1) is 23.1 Å². The van der Waals surface area contributed by atoms with Crippen LogP contribution in [0.4, 0.5) is 14.9 Å². The Kier molecular flexibility index (Phi) is 5.17. The number of nitrogens with zero attached hydrogens (tertiary/aromatic N) is 4. The SMILES string of the molecule is CC1CCC2(CC1)NC(=O)N(CN1CCN(c3ccc(C#N)cc3F)CC1)C2=O. The van der Waals surface area contributed by atoms with E-state index in [-0.39, 0.29) is 18.6 Å². The Morgan fingerprint density at radius 3 is 2.52 bits per heavy atom. The van der Waals surface area contributed by atoms with E-state index in [1.807, 2.05) is 11.0 Å². The first-order valence-corrected chi connectivity index (χ1v) is 10.2. The fourth-order valence-electron chi connectivity index (χ4n) is 4.56. The van der Waals surface area contributed by atoms with E-state index in [9.17, 15) is 14.0 Å². The number of hydrogen-bond acceptors (Lipinski definition) is 5. The van der Waals surface area contributed by atoms with Crippen LogP contribution in [0.3, 0.4) is 0 Å². The maximum atomic E-state index is 14.3. The highest BCUT2D eigenvalue weighted by Crippen LogP contribution is 2.36. The maximum Gasteiger partial charge on any atom is 0.326 e. The van der Waals surface area contributed by atoms with Gasteiger partial charge in [0.1, 0.15) is 11.4 Å². The Morgan fingerprint density at radius 1 is 1.21 bits per heavy atom. The third kappa shape index (κ3) is 3.67. The molecule has 154 valence electrons. The van der Waals surface area contributed by atoms with Crippen molar-refractivity contribution in [2.24, 2.45) is 5.92 Å². The predicted octanol–water partition coefficient (Wildman–Crippen LogP) is 2.28. The molecule has 0 bridgehead atoms. The summed E-state index contributed by atoms with van der Waals surface area (Å²) in [6.07, 6.45) is 3.32. The highest BCUT2D eigenvalue weighted by molar-refractivity contribution is 6.07. The summed E-state index contributed by atoms with van der Waals surface area (Å²) < 4.78 is 14.3. The molecule has 0 aromatic heterocycles. The van der Waals surface area contributed by atoms with E-state index in [2.05, 4.69) is 17.1 Å². The summed E-state index contributed by atoms with van der Waals surface area (Å²) in [7, 11) is 0. The number of nitriles is 1. The summed E-state index contributed by atoms with van der Waals surface area (Å²) in [6, 6.07) is 6.13. The topological polar surface area (TPSA) is 79.7 Å². The molecule has 2 saturated heterocycles. The summed E-state index contributed by atoms with van der Waals surface area (Å²) in [5.41, 5.74) is 0.0696. The second kappa shape index (κ2) is 7.64. The van der Waals surface area contributed by atoms with Gasteiger partial charge in [-0.3, -0.25) is 9.69 Å². The van der Waals surface area contributed by atoms with E-state index in [0.717, 1.165) is 12.8 Å². The van der Waals surface area contributed by atoms with Gasteiger partial charge in [-0.2, -0.15) is 5.26 Å². The second-order valence-electron chi connectivity index (χ2n) is 8.45. The van der Waals surface area contributed by atoms with Crippen LogP contribution in [-0.4, -0.2) is 60.1 Å². The van der Waals surface area contributed by atoms with Crippen molar-refractivity contribution in [3.05, 3.63) is 29.6 Å². The average Bonchev–Trinajstić information content (AvgIpc) is 2.95. The summed E-state index contributed by atoms with van der Waals surface area (Å²) in [5, 5.41) is 11.8. The molecule has 1 aromatic carbocycles. The number of amides is 3. The van der Waals surface area contributed by atoms with Gasteiger partial charge in [0.25, 0.3) is 5.91 Å². The molecule has 1 spiro atoms. The minimum atomic E-state index is -0.711. The van der Waals surface area contributed by atoms with Gasteiger partial charge in [0.05, 0.1) is 24.0 Å². The molecular weight excluding hydrogens is 373 g/mol. The van der Waals surface area contributed by atoms with Crippen molar-refractivity contribution < 1.29 is 14.0 Å². The van der Waals surface area contributed by atoms with Crippen molar-refractivity contribution in [2.75, 3.05) is 37.7 Å². The third-order valence-electron chi connectivity index (χ3n) is 6.50. The summed E-state index contributed by atoms with van der Waals surface area (Å²) in [4.78, 5) is 30.8. The number of nitrogens with one attached hydrogen (secondary N) is 1. The van der Waals surface area contributed by atoms with E-state index < -0.39 is 11.4 Å². The molecule has 0 unspecified atom stereocenters. The van der Waals surface area contributed by atoms with E-state index >= 15 is 0 Å². The van der Waals surface area contributed by atoms with Gasteiger partial charge in [-0.25, -0.2) is 14.1 Å². The molecule has 3 aliphatic rings. The van der Waals surface area contributed by atoms with Crippen LogP contribution in [0.25, 0.3) is 0 Å². The van der Waals surface area contributed by atoms with Gasteiger partial charge in [-0.1, -0.05) is 6.92 Å². The zero-order chi connectivity index (χ0) is 20.6. The molecule has 8 heteroatoms. The Morgan fingerprint density at radius 2 is 1.90 bits per heavy atom. The van der Waals surface area contributed by atoms with Crippen molar-refractivity contribution in [1.82, 2.24) is 15.1 Å². The van der Waals surface area contributed by atoms with Crippen LogP contribution in [0.1, 0.15) is 38.2 Å². The first-order valence-electron chi connectivity index (χ1n) is 10.2. The van der Waals surface area contributed by atoms with Gasteiger partial charge in [-0.05, 0) is 49.8 Å². The number of halogens is 1. The Bertz CT molecular complexity index is 851. The molecule has 0 atom stereocenters. The van der Waals surface area contributed by atoms with E-state index in [0.29, 0.717) is 56.2 Å². The Balaban J connectivity index is 1.36. The number of carbonyl (C=O) groups excluding carboxylic acids is 2. The summed E-state index contributed by atoms with van der Waals surface area (Å²) in [5.74, 6) is 0.0881. The van der Waals surface area contributed by atoms with E-state index in [1.165, 1.54) is 11.0 Å². The third-order valence-corrected chi connectivity index (χ3v) is 6.50. The smallest absolute Gasteiger partial charge is 0.326 e. The zero-order valence-corrected chi connectivity index (χ0v) is 16.7. The van der Waals surface area contributed by atoms with Crippen LogP contribution < -0.4 is 10.2 Å². The van der Waals surface area contributed by atoms with E-state index in [1.54, 1.807) is 12.1 Å². The Hall–Kier alpha value is -2.66. The molecular formula is C21H26FN5O2. The van der Waals surface area contributed by atoms with Gasteiger partial charge >= 0.3 is 6.03 Å². The van der Waals surface area contributed by atoms with Crippen LogP contribution in [0.2, 0.25) is 0 Å². The van der Waals surface area contributed by atoms with Crippen molar-refractivity contribution in [1.29, 1.82) is 5.26 Å². The first-order chi connectivity index (χ1) is 13.9. The number of hydrogen-bond donors (Lipinski definition) is 1. The number of imide groups is 1. The Labute approximate surface area is 170 Å². The highest BCUT2D eigenvalue weighted by Gasteiger charge is 2.52. The lowest BCUT2D eigenvalue weighted by Crippen LogP contribution is -2.52. The zero-order valence-electron chi connectivity index (χ0n) is 16.7. The fourth-order valence-corrected chi connectivity index (χ4v) is 4.56. The van der Waals surface area contributed by atoms with Crippen LogP contribution in [-0.2, 0) is 4.79 Å². The fraction of sp³-hybridized carbons (Fsp3) is 0.571. The maximum absolute atomic E-state index is 14.3. The monoisotopic (exact) mass is 399 g/mol. The molecule has 7 nitrogen and oxygen atoms in total. The lowest BCUT2D eigenvalue weighted by atomic mass is 9.77. The minimum absolute atomic E-state index is 0.102. The molecule has 1 aliphatic carbocycles. The molecule has 29 heavy (non-hydrogen) atoms. The van der Waals surface area contributed by atoms with Gasteiger partial charge in [0, 0.05) is 26.2 Å². The molecule has 2 aliphatic heterocycles.